The molecule has 1 N–H and O–H groups in total. The quantitative estimate of drug-likeness (QED) is 0.332. The standard InChI is InChI=1S/C28H25ClN2O3S/c1-21-12-14-23(15-13-21)28(22-8-4-2-5-9-22)30-27(32)20-31(25-18-16-24(29)17-19-25)35(33,34)26-10-6-3-7-11-26/h2-19,28H,20H2,1H3,(H,30,32)/t28-/m1/s1. The third-order valence-electron chi connectivity index (χ3n) is 5.58. The van der Waals surface area contributed by atoms with E-state index < -0.39 is 28.5 Å². The van der Waals surface area contributed by atoms with Gasteiger partial charge >= 0.3 is 0 Å². The number of nitrogens with zero attached hydrogens (tertiary/aromatic N) is 1. The van der Waals surface area contributed by atoms with Gasteiger partial charge < -0.3 is 5.32 Å². The molecule has 4 aromatic rings. The first-order valence-corrected chi connectivity index (χ1v) is 12.9. The molecule has 4 aromatic carbocycles. The predicted octanol–water partition coefficient (Wildman–Crippen LogP) is 5.75. The SMILES string of the molecule is Cc1ccc([C@H](NC(=O)CN(c2ccc(Cl)cc2)S(=O)(=O)c2ccccc2)c2ccccc2)cc1. The fraction of sp³-hybridized carbons (Fsp3) is 0.107. The summed E-state index contributed by atoms with van der Waals surface area (Å²) in [5.74, 6) is -0.436. The molecule has 4 rings (SSSR count). The summed E-state index contributed by atoms with van der Waals surface area (Å²) in [6, 6.07) is 31.5. The van der Waals surface area contributed by atoms with E-state index in [0.29, 0.717) is 10.7 Å². The summed E-state index contributed by atoms with van der Waals surface area (Å²) in [5, 5.41) is 3.50. The Balaban J connectivity index is 1.67. The van der Waals surface area contributed by atoms with Gasteiger partial charge in [-0.3, -0.25) is 9.10 Å². The maximum Gasteiger partial charge on any atom is 0.264 e. The molecule has 178 valence electrons. The molecule has 0 radical (unpaired) electrons. The number of nitrogens with one attached hydrogen (secondary N) is 1. The first-order valence-electron chi connectivity index (χ1n) is 11.1. The van der Waals surface area contributed by atoms with Gasteiger partial charge in [0.1, 0.15) is 6.54 Å². The van der Waals surface area contributed by atoms with Gasteiger partial charge in [0.05, 0.1) is 16.6 Å². The van der Waals surface area contributed by atoms with Crippen LogP contribution in [0.3, 0.4) is 0 Å². The largest absolute Gasteiger partial charge is 0.344 e. The van der Waals surface area contributed by atoms with Crippen LogP contribution in [0.2, 0.25) is 5.02 Å². The third kappa shape index (κ3) is 5.91. The van der Waals surface area contributed by atoms with Crippen LogP contribution in [-0.4, -0.2) is 20.9 Å². The zero-order chi connectivity index (χ0) is 24.8. The number of aryl methyl sites for hydroxylation is 1. The van der Waals surface area contributed by atoms with E-state index in [-0.39, 0.29) is 4.90 Å². The zero-order valence-corrected chi connectivity index (χ0v) is 20.7. The number of halogens is 1. The van der Waals surface area contributed by atoms with Crippen LogP contribution in [0.4, 0.5) is 5.69 Å². The molecular weight excluding hydrogens is 480 g/mol. The van der Waals surface area contributed by atoms with Gasteiger partial charge in [0.25, 0.3) is 10.0 Å². The maximum absolute atomic E-state index is 13.5. The van der Waals surface area contributed by atoms with Gasteiger partial charge in [0.15, 0.2) is 0 Å². The number of rotatable bonds is 8. The molecule has 0 aliphatic heterocycles. The van der Waals surface area contributed by atoms with Crippen molar-refractivity contribution in [1.29, 1.82) is 0 Å². The van der Waals surface area contributed by atoms with Crippen LogP contribution < -0.4 is 9.62 Å². The molecule has 5 nitrogen and oxygen atoms in total. The maximum atomic E-state index is 13.5. The monoisotopic (exact) mass is 504 g/mol. The van der Waals surface area contributed by atoms with Crippen molar-refractivity contribution in [3.8, 4) is 0 Å². The van der Waals surface area contributed by atoms with E-state index >= 15 is 0 Å². The molecule has 1 amide bonds. The number of hydrogen-bond donors (Lipinski definition) is 1. The van der Waals surface area contributed by atoms with Crippen LogP contribution in [0.5, 0.6) is 0 Å². The van der Waals surface area contributed by atoms with Crippen molar-refractivity contribution in [2.45, 2.75) is 17.9 Å². The lowest BCUT2D eigenvalue weighted by Crippen LogP contribution is -2.42. The molecule has 0 unspecified atom stereocenters. The highest BCUT2D eigenvalue weighted by atomic mass is 35.5. The number of sulfonamides is 1. The van der Waals surface area contributed by atoms with Gasteiger partial charge in [0.2, 0.25) is 5.91 Å². The molecular formula is C28H25ClN2O3S. The molecule has 0 heterocycles. The fourth-order valence-corrected chi connectivity index (χ4v) is 5.31. The fourth-order valence-electron chi connectivity index (χ4n) is 3.74. The normalized spacial score (nSPS) is 12.1. The number of amides is 1. The Labute approximate surface area is 211 Å². The molecule has 1 atom stereocenters. The van der Waals surface area contributed by atoms with E-state index in [1.54, 1.807) is 42.5 Å². The van der Waals surface area contributed by atoms with Gasteiger partial charge in [-0.2, -0.15) is 0 Å². The number of carbonyl (C=O) groups is 1. The molecule has 0 fully saturated rings. The number of carbonyl (C=O) groups excluding carboxylic acids is 1. The summed E-state index contributed by atoms with van der Waals surface area (Å²) in [6.45, 7) is 1.60. The molecule has 0 aliphatic carbocycles. The average molecular weight is 505 g/mol. The van der Waals surface area contributed by atoms with E-state index in [1.165, 1.54) is 12.1 Å². The Morgan fingerprint density at radius 1 is 0.800 bits per heavy atom. The lowest BCUT2D eigenvalue weighted by Gasteiger charge is -2.26. The summed E-state index contributed by atoms with van der Waals surface area (Å²) in [4.78, 5) is 13.5. The second-order valence-electron chi connectivity index (χ2n) is 8.12. The highest BCUT2D eigenvalue weighted by Crippen LogP contribution is 2.26. The summed E-state index contributed by atoms with van der Waals surface area (Å²) in [7, 11) is -4.00. The van der Waals surface area contributed by atoms with Gasteiger partial charge in [-0.25, -0.2) is 8.42 Å². The van der Waals surface area contributed by atoms with E-state index in [4.69, 9.17) is 11.6 Å². The number of benzene rings is 4. The van der Waals surface area contributed by atoms with Crippen molar-refractivity contribution >= 4 is 33.2 Å². The molecule has 0 saturated heterocycles. The molecule has 7 heteroatoms. The van der Waals surface area contributed by atoms with Crippen LogP contribution in [0.25, 0.3) is 0 Å². The van der Waals surface area contributed by atoms with Gasteiger partial charge in [-0.15, -0.1) is 0 Å². The molecule has 0 aromatic heterocycles. The molecule has 0 aliphatic rings. The summed E-state index contributed by atoms with van der Waals surface area (Å²) in [6.07, 6.45) is 0. The van der Waals surface area contributed by atoms with Crippen LogP contribution >= 0.6 is 11.6 Å². The van der Waals surface area contributed by atoms with Crippen LogP contribution in [0, 0.1) is 6.92 Å². The molecule has 0 saturated carbocycles. The predicted molar refractivity (Wildman–Crippen MR) is 140 cm³/mol. The number of anilines is 1. The molecule has 0 bridgehead atoms. The van der Waals surface area contributed by atoms with E-state index in [1.807, 2.05) is 61.5 Å². The van der Waals surface area contributed by atoms with Crippen molar-refractivity contribution in [1.82, 2.24) is 5.32 Å². The first-order chi connectivity index (χ1) is 16.8. The molecule has 35 heavy (non-hydrogen) atoms. The zero-order valence-electron chi connectivity index (χ0n) is 19.1. The minimum absolute atomic E-state index is 0.0980. The third-order valence-corrected chi connectivity index (χ3v) is 7.62. The van der Waals surface area contributed by atoms with Crippen molar-refractivity contribution in [2.24, 2.45) is 0 Å². The van der Waals surface area contributed by atoms with Crippen LogP contribution in [0.1, 0.15) is 22.7 Å². The first kappa shape index (κ1) is 24.5. The van der Waals surface area contributed by atoms with Gasteiger partial charge in [0, 0.05) is 5.02 Å². The molecule has 0 spiro atoms. The second kappa shape index (κ2) is 10.8. The van der Waals surface area contributed by atoms with E-state index in [2.05, 4.69) is 5.32 Å². The lowest BCUT2D eigenvalue weighted by atomic mass is 9.98. The van der Waals surface area contributed by atoms with Gasteiger partial charge in [-0.05, 0) is 54.4 Å². The topological polar surface area (TPSA) is 66.5 Å². The van der Waals surface area contributed by atoms with Crippen LogP contribution in [0.15, 0.2) is 114 Å². The minimum Gasteiger partial charge on any atom is -0.344 e. The highest BCUT2D eigenvalue weighted by molar-refractivity contribution is 7.92. The minimum atomic E-state index is -4.00. The summed E-state index contributed by atoms with van der Waals surface area (Å²) in [5.41, 5.74) is 3.25. The van der Waals surface area contributed by atoms with Crippen molar-refractivity contribution in [3.05, 3.63) is 131 Å². The summed E-state index contributed by atoms with van der Waals surface area (Å²) < 4.78 is 28.2. The van der Waals surface area contributed by atoms with Crippen molar-refractivity contribution in [2.75, 3.05) is 10.8 Å². The van der Waals surface area contributed by atoms with Gasteiger partial charge in [-0.1, -0.05) is 90.0 Å². The van der Waals surface area contributed by atoms with E-state index in [9.17, 15) is 13.2 Å². The number of hydrogen-bond acceptors (Lipinski definition) is 3. The van der Waals surface area contributed by atoms with Crippen LogP contribution in [-0.2, 0) is 14.8 Å². The van der Waals surface area contributed by atoms with Crippen molar-refractivity contribution < 1.29 is 13.2 Å². The van der Waals surface area contributed by atoms with E-state index in [0.717, 1.165) is 21.0 Å². The smallest absolute Gasteiger partial charge is 0.264 e. The lowest BCUT2D eigenvalue weighted by molar-refractivity contribution is -0.120. The Kier molecular flexibility index (Phi) is 7.54. The Bertz CT molecular complexity index is 1380. The van der Waals surface area contributed by atoms with Crippen molar-refractivity contribution in [3.63, 3.8) is 0 Å². The second-order valence-corrected chi connectivity index (χ2v) is 10.4. The Morgan fingerprint density at radius 2 is 1.34 bits per heavy atom. The Hall–Kier alpha value is -3.61. The Morgan fingerprint density at radius 3 is 1.94 bits per heavy atom. The summed E-state index contributed by atoms with van der Waals surface area (Å²) >= 11 is 6.02. The average Bonchev–Trinajstić information content (AvgIpc) is 2.88. The highest BCUT2D eigenvalue weighted by Gasteiger charge is 2.28.